The van der Waals surface area contributed by atoms with Crippen LogP contribution in [0.15, 0.2) is 48.5 Å². The first-order valence-electron chi connectivity index (χ1n) is 10.6. The van der Waals surface area contributed by atoms with Gasteiger partial charge in [-0.25, -0.2) is 0 Å². The first-order valence-corrected chi connectivity index (χ1v) is 11.7. The molecule has 0 spiro atoms. The van der Waals surface area contributed by atoms with Gasteiger partial charge in [-0.15, -0.1) is 11.8 Å². The number of nitro benzene ring substituents is 1. The van der Waals surface area contributed by atoms with E-state index in [2.05, 4.69) is 5.32 Å². The molecule has 2 amide bonds. The monoisotopic (exact) mass is 473 g/mol. The van der Waals surface area contributed by atoms with Crippen LogP contribution >= 0.6 is 11.8 Å². The first kappa shape index (κ1) is 26.2. The molecular formula is C24H31N3O5S. The molecule has 1 N–H and O–H groups in total. The fraction of sp³-hybridized carbons (Fsp3) is 0.417. The lowest BCUT2D eigenvalue weighted by molar-refractivity contribution is -0.384. The number of carbonyl (C=O) groups excluding carboxylic acids is 2. The van der Waals surface area contributed by atoms with Crippen LogP contribution < -0.4 is 10.1 Å². The normalized spacial score (nSPS) is 12.0. The van der Waals surface area contributed by atoms with Gasteiger partial charge in [0.25, 0.3) is 5.69 Å². The molecular weight excluding hydrogens is 442 g/mol. The van der Waals surface area contributed by atoms with Crippen LogP contribution in [-0.4, -0.2) is 46.1 Å². The van der Waals surface area contributed by atoms with Crippen LogP contribution in [0.5, 0.6) is 5.75 Å². The Labute approximate surface area is 198 Å². The molecule has 0 saturated carbocycles. The maximum absolute atomic E-state index is 13.2. The minimum Gasteiger partial charge on any atom is -0.497 e. The largest absolute Gasteiger partial charge is 0.497 e. The number of thioether (sulfide) groups is 1. The van der Waals surface area contributed by atoms with Gasteiger partial charge in [-0.1, -0.05) is 24.3 Å². The number of nitrogens with one attached hydrogen (secondary N) is 1. The van der Waals surface area contributed by atoms with E-state index in [0.29, 0.717) is 11.5 Å². The summed E-state index contributed by atoms with van der Waals surface area (Å²) >= 11 is 1.40. The van der Waals surface area contributed by atoms with Gasteiger partial charge in [0.15, 0.2) is 0 Å². The maximum atomic E-state index is 13.2. The van der Waals surface area contributed by atoms with Gasteiger partial charge < -0.3 is 15.0 Å². The molecule has 0 aliphatic heterocycles. The van der Waals surface area contributed by atoms with Crippen molar-refractivity contribution < 1.29 is 19.2 Å². The quantitative estimate of drug-likeness (QED) is 0.410. The highest BCUT2D eigenvalue weighted by molar-refractivity contribution is 7.99. The van der Waals surface area contributed by atoms with Gasteiger partial charge in [-0.2, -0.15) is 0 Å². The van der Waals surface area contributed by atoms with Crippen LogP contribution in [0.3, 0.4) is 0 Å². The van der Waals surface area contributed by atoms with E-state index >= 15 is 0 Å². The van der Waals surface area contributed by atoms with Crippen molar-refractivity contribution in [2.24, 2.45) is 0 Å². The van der Waals surface area contributed by atoms with Crippen LogP contribution in [0.4, 0.5) is 5.69 Å². The van der Waals surface area contributed by atoms with Crippen LogP contribution in [0, 0.1) is 10.1 Å². The Balaban J connectivity index is 2.10. The summed E-state index contributed by atoms with van der Waals surface area (Å²) in [6, 6.07) is 13.0. The fourth-order valence-corrected chi connectivity index (χ4v) is 3.95. The highest BCUT2D eigenvalue weighted by Crippen LogP contribution is 2.20. The number of amides is 2. The molecule has 0 aliphatic carbocycles. The number of benzene rings is 2. The van der Waals surface area contributed by atoms with Crippen molar-refractivity contribution in [1.29, 1.82) is 0 Å². The molecule has 2 aromatic rings. The minimum absolute atomic E-state index is 0.0305. The Morgan fingerprint density at radius 3 is 2.39 bits per heavy atom. The number of hydrogen-bond donors (Lipinski definition) is 1. The zero-order chi connectivity index (χ0) is 24.6. The van der Waals surface area contributed by atoms with Crippen molar-refractivity contribution in [1.82, 2.24) is 10.2 Å². The average Bonchev–Trinajstić information content (AvgIpc) is 2.76. The van der Waals surface area contributed by atoms with E-state index in [0.717, 1.165) is 11.1 Å². The van der Waals surface area contributed by atoms with E-state index in [1.807, 2.05) is 45.0 Å². The average molecular weight is 474 g/mol. The van der Waals surface area contributed by atoms with Crippen molar-refractivity contribution in [3.63, 3.8) is 0 Å². The smallest absolute Gasteiger partial charge is 0.269 e. The number of hydrogen-bond acceptors (Lipinski definition) is 6. The summed E-state index contributed by atoms with van der Waals surface area (Å²) in [5.74, 6) is 0.993. The number of ether oxygens (including phenoxy) is 1. The molecule has 0 unspecified atom stereocenters. The number of carbonyl (C=O) groups is 2. The third-order valence-corrected chi connectivity index (χ3v) is 5.78. The molecule has 1 atom stereocenters. The second-order valence-corrected chi connectivity index (χ2v) is 9.69. The number of nitrogens with zero attached hydrogens (tertiary/aromatic N) is 2. The third kappa shape index (κ3) is 8.42. The molecule has 0 aliphatic rings. The molecule has 9 heteroatoms. The van der Waals surface area contributed by atoms with Crippen molar-refractivity contribution >= 4 is 29.3 Å². The number of rotatable bonds is 10. The highest BCUT2D eigenvalue weighted by Gasteiger charge is 2.28. The van der Waals surface area contributed by atoms with Crippen LogP contribution in [-0.2, 0) is 21.9 Å². The molecule has 2 rings (SSSR count). The van der Waals surface area contributed by atoms with Gasteiger partial charge in [0.05, 0.1) is 17.8 Å². The Kier molecular flexibility index (Phi) is 9.28. The maximum Gasteiger partial charge on any atom is 0.269 e. The topological polar surface area (TPSA) is 102 Å². The molecule has 8 nitrogen and oxygen atoms in total. The van der Waals surface area contributed by atoms with E-state index in [1.54, 1.807) is 31.1 Å². The van der Waals surface area contributed by atoms with Crippen LogP contribution in [0.25, 0.3) is 0 Å². The number of nitro groups is 1. The summed E-state index contributed by atoms with van der Waals surface area (Å²) in [6.07, 6.45) is 0. The zero-order valence-corrected chi connectivity index (χ0v) is 20.5. The standard InChI is InChI=1S/C24H31N3O5S/c1-17(23(29)25-24(2,3)4)26(14-19-7-6-8-21(13-19)32-5)22(28)16-33-15-18-9-11-20(12-10-18)27(30)31/h6-13,17H,14-16H2,1-5H3,(H,25,29)/t17-/m0/s1. The predicted octanol–water partition coefficient (Wildman–Crippen LogP) is 4.17. The van der Waals surface area contributed by atoms with Crippen LogP contribution in [0.1, 0.15) is 38.8 Å². The summed E-state index contributed by atoms with van der Waals surface area (Å²) in [5.41, 5.74) is 1.36. The summed E-state index contributed by atoms with van der Waals surface area (Å²) in [5, 5.41) is 13.7. The van der Waals surface area contributed by atoms with Gasteiger partial charge in [-0.05, 0) is 51.0 Å². The number of non-ortho nitro benzene ring substituents is 1. The lowest BCUT2D eigenvalue weighted by atomic mass is 10.1. The Morgan fingerprint density at radius 1 is 1.15 bits per heavy atom. The van der Waals surface area contributed by atoms with Gasteiger partial charge in [-0.3, -0.25) is 19.7 Å². The summed E-state index contributed by atoms with van der Waals surface area (Å²) in [6.45, 7) is 7.68. The molecule has 0 fully saturated rings. The summed E-state index contributed by atoms with van der Waals surface area (Å²) < 4.78 is 5.28. The van der Waals surface area contributed by atoms with Crippen molar-refractivity contribution in [2.75, 3.05) is 12.9 Å². The zero-order valence-electron chi connectivity index (χ0n) is 19.7. The molecule has 0 saturated heterocycles. The molecule has 33 heavy (non-hydrogen) atoms. The lowest BCUT2D eigenvalue weighted by Crippen LogP contribution is -2.52. The van der Waals surface area contributed by atoms with E-state index in [1.165, 1.54) is 23.9 Å². The van der Waals surface area contributed by atoms with E-state index in [9.17, 15) is 19.7 Å². The van der Waals surface area contributed by atoms with Gasteiger partial charge in [0.2, 0.25) is 11.8 Å². The lowest BCUT2D eigenvalue weighted by Gasteiger charge is -2.31. The van der Waals surface area contributed by atoms with Crippen molar-refractivity contribution in [2.45, 2.75) is 51.6 Å². The van der Waals surface area contributed by atoms with E-state index in [4.69, 9.17) is 4.74 Å². The second kappa shape index (κ2) is 11.7. The summed E-state index contributed by atoms with van der Waals surface area (Å²) in [4.78, 5) is 37.9. The predicted molar refractivity (Wildman–Crippen MR) is 130 cm³/mol. The molecule has 0 bridgehead atoms. The number of methoxy groups -OCH3 is 1. The molecule has 0 radical (unpaired) electrons. The SMILES string of the molecule is COc1cccc(CN(C(=O)CSCc2ccc([N+](=O)[O-])cc2)[C@@H](C)C(=O)NC(C)(C)C)c1. The Bertz CT molecular complexity index is 973. The van der Waals surface area contributed by atoms with E-state index in [-0.39, 0.29) is 29.8 Å². The minimum atomic E-state index is -0.664. The third-order valence-electron chi connectivity index (χ3n) is 4.79. The Hall–Kier alpha value is -3.07. The second-order valence-electron chi connectivity index (χ2n) is 8.70. The molecule has 0 heterocycles. The van der Waals surface area contributed by atoms with Crippen molar-refractivity contribution in [3.05, 3.63) is 69.8 Å². The van der Waals surface area contributed by atoms with Gasteiger partial charge in [0.1, 0.15) is 11.8 Å². The summed E-state index contributed by atoms with van der Waals surface area (Å²) in [7, 11) is 1.58. The van der Waals surface area contributed by atoms with Crippen molar-refractivity contribution in [3.8, 4) is 5.75 Å². The van der Waals surface area contributed by atoms with Gasteiger partial charge >= 0.3 is 0 Å². The molecule has 0 aromatic heterocycles. The molecule has 2 aromatic carbocycles. The molecule has 178 valence electrons. The van der Waals surface area contributed by atoms with Crippen LogP contribution in [0.2, 0.25) is 0 Å². The first-order chi connectivity index (χ1) is 15.5. The van der Waals surface area contributed by atoms with E-state index < -0.39 is 16.5 Å². The fourth-order valence-electron chi connectivity index (χ4n) is 3.08. The highest BCUT2D eigenvalue weighted by atomic mass is 32.2. The van der Waals surface area contributed by atoms with Gasteiger partial charge in [0, 0.05) is 30.0 Å². The Morgan fingerprint density at radius 2 is 1.82 bits per heavy atom.